The van der Waals surface area contributed by atoms with Crippen molar-refractivity contribution in [1.82, 2.24) is 24.0 Å². The van der Waals surface area contributed by atoms with Crippen molar-refractivity contribution in [3.05, 3.63) is 104 Å². The van der Waals surface area contributed by atoms with Crippen LogP contribution in [0.4, 0.5) is 23.2 Å². The van der Waals surface area contributed by atoms with Crippen molar-refractivity contribution in [2.45, 2.75) is 51.6 Å². The molecule has 3 heterocycles. The van der Waals surface area contributed by atoms with Crippen molar-refractivity contribution >= 4 is 17.5 Å². The van der Waals surface area contributed by atoms with Crippen LogP contribution in [0.25, 0.3) is 5.69 Å². The predicted octanol–water partition coefficient (Wildman–Crippen LogP) is 4.62. The maximum absolute atomic E-state index is 15.2. The number of anilines is 1. The van der Waals surface area contributed by atoms with Gasteiger partial charge >= 0.3 is 5.69 Å². The number of ether oxygens (including phenoxy) is 1. The Hall–Kier alpha value is -5.34. The monoisotopic (exact) mass is 652 g/mol. The van der Waals surface area contributed by atoms with Gasteiger partial charge in [-0.1, -0.05) is 0 Å². The molecule has 0 spiro atoms. The molecule has 15 heteroatoms. The highest BCUT2D eigenvalue weighted by Gasteiger charge is 2.50. The van der Waals surface area contributed by atoms with E-state index in [0.29, 0.717) is 11.3 Å². The molecule has 1 fully saturated rings. The van der Waals surface area contributed by atoms with Crippen molar-refractivity contribution in [3.63, 3.8) is 0 Å². The Balaban J connectivity index is 1.20. The van der Waals surface area contributed by atoms with Gasteiger partial charge in [0.2, 0.25) is 17.7 Å². The van der Waals surface area contributed by atoms with Crippen molar-refractivity contribution in [2.24, 2.45) is 5.92 Å². The van der Waals surface area contributed by atoms with E-state index >= 15 is 4.39 Å². The van der Waals surface area contributed by atoms with E-state index in [1.54, 1.807) is 13.8 Å². The second-order valence-corrected chi connectivity index (χ2v) is 11.7. The van der Waals surface area contributed by atoms with Crippen molar-refractivity contribution < 1.29 is 31.9 Å². The quantitative estimate of drug-likeness (QED) is 0.289. The van der Waals surface area contributed by atoms with Gasteiger partial charge in [-0.3, -0.25) is 19.0 Å². The third-order valence-corrected chi connectivity index (χ3v) is 8.11. The van der Waals surface area contributed by atoms with Gasteiger partial charge in [-0.15, -0.1) is 0 Å². The molecule has 6 rings (SSSR count). The molecule has 2 aromatic heterocycles. The average molecular weight is 653 g/mol. The minimum absolute atomic E-state index is 0.0182. The molecule has 244 valence electrons. The molecule has 0 unspecified atom stereocenters. The SMILES string of the molecule is CC(C)n1cc(C(=O)Nc2ccc(Oc3ncnc4c3CCN(C(=O)C3CC(F)(F)C3)C4)c(F)c2)c(=O)n(-c2ccc(F)cc2)c1=O. The first-order chi connectivity index (χ1) is 22.3. The van der Waals surface area contributed by atoms with Gasteiger partial charge in [0, 0.05) is 54.9 Å². The molecule has 2 aliphatic rings. The van der Waals surface area contributed by atoms with Crippen LogP contribution >= 0.6 is 0 Å². The van der Waals surface area contributed by atoms with Gasteiger partial charge in [0.15, 0.2) is 11.6 Å². The lowest BCUT2D eigenvalue weighted by Gasteiger charge is -2.38. The third-order valence-electron chi connectivity index (χ3n) is 8.11. The number of hydrogen-bond acceptors (Lipinski definition) is 7. The third kappa shape index (κ3) is 6.24. The normalized spacial score (nSPS) is 15.6. The number of aromatic nitrogens is 4. The number of halogens is 4. The van der Waals surface area contributed by atoms with E-state index in [2.05, 4.69) is 15.3 Å². The van der Waals surface area contributed by atoms with Crippen LogP contribution in [-0.2, 0) is 17.8 Å². The number of alkyl halides is 2. The number of hydrogen-bond donors (Lipinski definition) is 1. The van der Waals surface area contributed by atoms with Crippen LogP contribution in [-0.4, -0.2) is 48.3 Å². The summed E-state index contributed by atoms with van der Waals surface area (Å²) in [5, 5.41) is 2.46. The highest BCUT2D eigenvalue weighted by atomic mass is 19.3. The molecule has 2 aromatic carbocycles. The standard InChI is InChI=1S/C32H28F4N6O5/c1-17(2)41-14-23(30(45)42(31(41)46)21-6-3-19(33)4-7-21)27(43)39-20-5-8-26(24(34)11-20)47-28-22-9-10-40(15-25(22)37-16-38-28)29(44)18-12-32(35,36)13-18/h3-8,11,14,16-18H,9-10,12-13,15H2,1-2H3,(H,39,43). The molecule has 0 bridgehead atoms. The van der Waals surface area contributed by atoms with Crippen LogP contribution in [0.2, 0.25) is 0 Å². The lowest BCUT2D eigenvalue weighted by molar-refractivity contribution is -0.160. The minimum Gasteiger partial charge on any atom is -0.436 e. The number of nitrogens with one attached hydrogen (secondary N) is 1. The first-order valence-corrected chi connectivity index (χ1v) is 14.7. The lowest BCUT2D eigenvalue weighted by atomic mass is 9.80. The van der Waals surface area contributed by atoms with Crippen molar-refractivity contribution in [3.8, 4) is 17.3 Å². The van der Waals surface area contributed by atoms with Crippen LogP contribution in [0.1, 0.15) is 54.3 Å². The fourth-order valence-electron chi connectivity index (χ4n) is 5.57. The van der Waals surface area contributed by atoms with Crippen LogP contribution in [0.5, 0.6) is 11.6 Å². The molecule has 11 nitrogen and oxygen atoms in total. The molecule has 1 saturated carbocycles. The Labute approximate surface area is 264 Å². The molecule has 1 N–H and O–H groups in total. The highest BCUT2D eigenvalue weighted by molar-refractivity contribution is 6.03. The zero-order valence-corrected chi connectivity index (χ0v) is 25.2. The second kappa shape index (κ2) is 12.1. The molecule has 1 aliphatic carbocycles. The summed E-state index contributed by atoms with van der Waals surface area (Å²) in [6.07, 6.45) is 1.64. The number of amides is 2. The summed E-state index contributed by atoms with van der Waals surface area (Å²) in [4.78, 5) is 62.0. The van der Waals surface area contributed by atoms with Gasteiger partial charge < -0.3 is 15.0 Å². The van der Waals surface area contributed by atoms with Crippen LogP contribution < -0.4 is 21.3 Å². The number of nitrogens with zero attached hydrogens (tertiary/aromatic N) is 5. The molecule has 0 radical (unpaired) electrons. The number of carbonyl (C=O) groups excluding carboxylic acids is 2. The summed E-state index contributed by atoms with van der Waals surface area (Å²) >= 11 is 0. The Morgan fingerprint density at radius 1 is 1.04 bits per heavy atom. The van der Waals surface area contributed by atoms with E-state index in [0.717, 1.165) is 29.0 Å². The van der Waals surface area contributed by atoms with Gasteiger partial charge in [-0.25, -0.2) is 36.9 Å². The van der Waals surface area contributed by atoms with Gasteiger partial charge in [-0.2, -0.15) is 0 Å². The Bertz CT molecular complexity index is 2000. The predicted molar refractivity (Wildman–Crippen MR) is 160 cm³/mol. The lowest BCUT2D eigenvalue weighted by Crippen LogP contribution is -2.48. The molecular formula is C32H28F4N6O5. The van der Waals surface area contributed by atoms with Gasteiger partial charge in [-0.05, 0) is 56.7 Å². The topological polar surface area (TPSA) is 128 Å². The number of carbonyl (C=O) groups is 2. The van der Waals surface area contributed by atoms with Gasteiger partial charge in [0.25, 0.3) is 11.5 Å². The Morgan fingerprint density at radius 2 is 1.77 bits per heavy atom. The molecule has 0 saturated heterocycles. The van der Waals surface area contributed by atoms with Crippen LogP contribution in [0, 0.1) is 17.6 Å². The number of benzene rings is 2. The van der Waals surface area contributed by atoms with Crippen LogP contribution in [0.3, 0.4) is 0 Å². The van der Waals surface area contributed by atoms with Gasteiger partial charge in [0.1, 0.15) is 17.7 Å². The summed E-state index contributed by atoms with van der Waals surface area (Å²) in [5.74, 6) is -6.43. The zero-order chi connectivity index (χ0) is 33.6. The maximum atomic E-state index is 15.2. The molecule has 1 aliphatic heterocycles. The van der Waals surface area contributed by atoms with E-state index in [9.17, 15) is 32.3 Å². The fraction of sp³-hybridized carbons (Fsp3) is 0.312. The van der Waals surface area contributed by atoms with E-state index < -0.39 is 65.1 Å². The Kier molecular flexibility index (Phi) is 8.15. The van der Waals surface area contributed by atoms with Gasteiger partial charge in [0.05, 0.1) is 17.9 Å². The zero-order valence-electron chi connectivity index (χ0n) is 25.2. The summed E-state index contributed by atoms with van der Waals surface area (Å²) in [6.45, 7) is 3.67. The summed E-state index contributed by atoms with van der Waals surface area (Å²) in [6, 6.07) is 7.76. The van der Waals surface area contributed by atoms with Crippen molar-refractivity contribution in [2.75, 3.05) is 11.9 Å². The van der Waals surface area contributed by atoms with Crippen LogP contribution in [0.15, 0.2) is 64.6 Å². The molecule has 0 atom stereocenters. The van der Waals surface area contributed by atoms with Crippen molar-refractivity contribution in [1.29, 1.82) is 0 Å². The van der Waals surface area contributed by atoms with E-state index in [1.807, 2.05) is 0 Å². The average Bonchev–Trinajstić information content (AvgIpc) is 3.01. The largest absolute Gasteiger partial charge is 0.436 e. The summed E-state index contributed by atoms with van der Waals surface area (Å²) in [7, 11) is 0. The van der Waals surface area contributed by atoms with E-state index in [-0.39, 0.29) is 48.4 Å². The second-order valence-electron chi connectivity index (χ2n) is 11.7. The summed E-state index contributed by atoms with van der Waals surface area (Å²) in [5.41, 5.74) is -1.04. The number of fused-ring (bicyclic) bond motifs is 1. The minimum atomic E-state index is -2.81. The molecular weight excluding hydrogens is 624 g/mol. The maximum Gasteiger partial charge on any atom is 0.335 e. The molecule has 47 heavy (non-hydrogen) atoms. The highest BCUT2D eigenvalue weighted by Crippen LogP contribution is 2.43. The molecule has 4 aromatic rings. The molecule has 2 amide bonds. The fourth-order valence-corrected chi connectivity index (χ4v) is 5.57. The first kappa shape index (κ1) is 31.6. The summed E-state index contributed by atoms with van der Waals surface area (Å²) < 4.78 is 63.0. The smallest absolute Gasteiger partial charge is 0.335 e. The van der Waals surface area contributed by atoms with E-state index in [4.69, 9.17) is 4.74 Å². The number of rotatable bonds is 7. The van der Waals surface area contributed by atoms with E-state index in [1.165, 1.54) is 40.1 Å². The Morgan fingerprint density at radius 3 is 2.43 bits per heavy atom. The first-order valence-electron chi connectivity index (χ1n) is 14.7.